The molecule has 1 aromatic heterocycles. The molecule has 1 saturated carbocycles. The van der Waals surface area contributed by atoms with E-state index in [1.165, 1.54) is 29.1 Å². The molecule has 0 spiro atoms. The second-order valence-corrected chi connectivity index (χ2v) is 6.44. The molecule has 3 amide bonds. The fraction of sp³-hybridized carbons (Fsp3) is 0.643. The molecule has 0 radical (unpaired) electrons. The van der Waals surface area contributed by atoms with E-state index in [2.05, 4.69) is 10.3 Å². The Kier molecular flexibility index (Phi) is 4.58. The largest absolute Gasteiger partial charge is 0.383 e. The van der Waals surface area contributed by atoms with E-state index in [1.807, 2.05) is 5.38 Å². The van der Waals surface area contributed by atoms with Crippen LogP contribution in [0.3, 0.4) is 0 Å². The third-order valence-electron chi connectivity index (χ3n) is 3.90. The minimum absolute atomic E-state index is 0.0451. The van der Waals surface area contributed by atoms with Crippen molar-refractivity contribution in [2.24, 2.45) is 0 Å². The average Bonchev–Trinajstić information content (AvgIpc) is 3.26. The summed E-state index contributed by atoms with van der Waals surface area (Å²) in [6.45, 7) is 2.27. The number of hydrogen-bond donors (Lipinski definition) is 1. The zero-order chi connectivity index (χ0) is 15.5. The van der Waals surface area contributed by atoms with Crippen LogP contribution in [0.15, 0.2) is 5.38 Å². The van der Waals surface area contributed by atoms with Gasteiger partial charge in [-0.15, -0.1) is 11.3 Å². The van der Waals surface area contributed by atoms with Crippen molar-refractivity contribution < 1.29 is 14.3 Å². The van der Waals surface area contributed by atoms with Crippen LogP contribution in [0.2, 0.25) is 0 Å². The van der Waals surface area contributed by atoms with E-state index in [0.29, 0.717) is 37.3 Å². The van der Waals surface area contributed by atoms with Gasteiger partial charge in [-0.05, 0) is 12.8 Å². The zero-order valence-corrected chi connectivity index (χ0v) is 13.4. The van der Waals surface area contributed by atoms with E-state index in [9.17, 15) is 9.59 Å². The summed E-state index contributed by atoms with van der Waals surface area (Å²) in [7, 11) is 1.61. The van der Waals surface area contributed by atoms with Gasteiger partial charge in [0.15, 0.2) is 5.13 Å². The Morgan fingerprint density at radius 3 is 3.00 bits per heavy atom. The Bertz CT molecular complexity index is 558. The van der Waals surface area contributed by atoms with Gasteiger partial charge in [0.1, 0.15) is 6.54 Å². The molecule has 1 saturated heterocycles. The number of carbonyl (C=O) groups is 2. The fourth-order valence-electron chi connectivity index (χ4n) is 2.40. The second-order valence-electron chi connectivity index (χ2n) is 5.58. The molecule has 0 unspecified atom stereocenters. The molecule has 1 aliphatic heterocycles. The number of aromatic nitrogens is 1. The summed E-state index contributed by atoms with van der Waals surface area (Å²) in [5.74, 6) is 0.532. The van der Waals surface area contributed by atoms with Gasteiger partial charge in [-0.2, -0.15) is 0 Å². The number of rotatable bonds is 5. The Morgan fingerprint density at radius 1 is 1.50 bits per heavy atom. The minimum atomic E-state index is -0.253. The SMILES string of the molecule is COCCN1CCN(C(=O)Nc2nc(C3CC3)cs2)CC1=O. The maximum Gasteiger partial charge on any atom is 0.324 e. The molecular weight excluding hydrogens is 304 g/mol. The number of nitrogens with zero attached hydrogens (tertiary/aromatic N) is 3. The molecule has 7 nitrogen and oxygen atoms in total. The minimum Gasteiger partial charge on any atom is -0.383 e. The molecule has 0 atom stereocenters. The van der Waals surface area contributed by atoms with E-state index in [0.717, 1.165) is 5.69 Å². The van der Waals surface area contributed by atoms with Crippen molar-refractivity contribution in [3.8, 4) is 0 Å². The molecule has 2 aliphatic rings. The maximum atomic E-state index is 12.2. The summed E-state index contributed by atoms with van der Waals surface area (Å²) < 4.78 is 4.98. The number of piperazine rings is 1. The standard InChI is InChI=1S/C14H20N4O3S/c1-21-7-6-17-4-5-18(8-12(17)19)14(20)16-13-15-11(9-22-13)10-2-3-10/h9-10H,2-8H2,1H3,(H,15,16,20). The molecule has 8 heteroatoms. The van der Waals surface area contributed by atoms with Crippen LogP contribution in [0, 0.1) is 0 Å². The second kappa shape index (κ2) is 6.62. The Labute approximate surface area is 133 Å². The zero-order valence-electron chi connectivity index (χ0n) is 12.6. The van der Waals surface area contributed by atoms with Crippen molar-refractivity contribution in [3.05, 3.63) is 11.1 Å². The summed E-state index contributed by atoms with van der Waals surface area (Å²) in [4.78, 5) is 31.9. The lowest BCUT2D eigenvalue weighted by molar-refractivity contribution is -0.135. The Morgan fingerprint density at radius 2 is 2.32 bits per heavy atom. The predicted octanol–water partition coefficient (Wildman–Crippen LogP) is 1.34. The molecule has 120 valence electrons. The highest BCUT2D eigenvalue weighted by molar-refractivity contribution is 7.13. The van der Waals surface area contributed by atoms with Crippen LogP contribution >= 0.6 is 11.3 Å². The lowest BCUT2D eigenvalue weighted by Crippen LogP contribution is -2.53. The van der Waals surface area contributed by atoms with E-state index in [-0.39, 0.29) is 18.5 Å². The molecule has 1 aromatic rings. The molecule has 1 N–H and O–H groups in total. The number of anilines is 1. The van der Waals surface area contributed by atoms with Crippen molar-refractivity contribution in [2.45, 2.75) is 18.8 Å². The van der Waals surface area contributed by atoms with Crippen LogP contribution in [0.1, 0.15) is 24.5 Å². The van der Waals surface area contributed by atoms with Crippen molar-refractivity contribution in [3.63, 3.8) is 0 Å². The molecule has 2 fully saturated rings. The van der Waals surface area contributed by atoms with E-state index < -0.39 is 0 Å². The molecule has 0 aromatic carbocycles. The molecule has 2 heterocycles. The number of nitrogens with one attached hydrogen (secondary N) is 1. The first kappa shape index (κ1) is 15.2. The summed E-state index contributed by atoms with van der Waals surface area (Å²) in [5, 5.41) is 5.41. The molecule has 22 heavy (non-hydrogen) atoms. The van der Waals surface area contributed by atoms with Gasteiger partial charge in [-0.3, -0.25) is 10.1 Å². The normalized spacial score (nSPS) is 18.7. The Balaban J connectivity index is 1.51. The number of carbonyl (C=O) groups excluding carboxylic acids is 2. The molecule has 1 aliphatic carbocycles. The van der Waals surface area contributed by atoms with Crippen molar-refractivity contribution >= 4 is 28.4 Å². The summed E-state index contributed by atoms with van der Waals surface area (Å²) in [5.41, 5.74) is 1.07. The number of thiazole rings is 1. The average molecular weight is 324 g/mol. The summed E-state index contributed by atoms with van der Waals surface area (Å²) >= 11 is 1.44. The lowest BCUT2D eigenvalue weighted by atomic mass is 10.3. The third kappa shape index (κ3) is 3.56. The van der Waals surface area contributed by atoms with Crippen molar-refractivity contribution in [1.82, 2.24) is 14.8 Å². The van der Waals surface area contributed by atoms with Crippen LogP contribution < -0.4 is 5.32 Å². The van der Waals surface area contributed by atoms with Crippen LogP contribution in [-0.2, 0) is 9.53 Å². The number of urea groups is 1. The van der Waals surface area contributed by atoms with Crippen LogP contribution in [0.25, 0.3) is 0 Å². The first-order valence-corrected chi connectivity index (χ1v) is 8.33. The number of amides is 3. The predicted molar refractivity (Wildman–Crippen MR) is 83.1 cm³/mol. The van der Waals surface area contributed by atoms with E-state index >= 15 is 0 Å². The van der Waals surface area contributed by atoms with E-state index in [4.69, 9.17) is 4.74 Å². The van der Waals surface area contributed by atoms with Gasteiger partial charge in [-0.1, -0.05) is 0 Å². The van der Waals surface area contributed by atoms with Gasteiger partial charge in [0.05, 0.1) is 12.3 Å². The van der Waals surface area contributed by atoms with E-state index in [1.54, 1.807) is 12.0 Å². The van der Waals surface area contributed by atoms with Crippen LogP contribution in [-0.4, -0.2) is 66.6 Å². The molecule has 0 bridgehead atoms. The molecular formula is C14H20N4O3S. The lowest BCUT2D eigenvalue weighted by Gasteiger charge is -2.33. The number of ether oxygens (including phenoxy) is 1. The monoisotopic (exact) mass is 324 g/mol. The summed E-state index contributed by atoms with van der Waals surface area (Å²) in [6, 6.07) is -0.253. The fourth-order valence-corrected chi connectivity index (χ4v) is 3.18. The van der Waals surface area contributed by atoms with Gasteiger partial charge < -0.3 is 14.5 Å². The highest BCUT2D eigenvalue weighted by Crippen LogP contribution is 2.40. The highest BCUT2D eigenvalue weighted by Gasteiger charge is 2.29. The number of hydrogen-bond acceptors (Lipinski definition) is 5. The smallest absolute Gasteiger partial charge is 0.324 e. The topological polar surface area (TPSA) is 74.8 Å². The van der Waals surface area contributed by atoms with Gasteiger partial charge in [0.25, 0.3) is 0 Å². The highest BCUT2D eigenvalue weighted by atomic mass is 32.1. The van der Waals surface area contributed by atoms with Gasteiger partial charge in [0.2, 0.25) is 5.91 Å². The summed E-state index contributed by atoms with van der Waals surface area (Å²) in [6.07, 6.45) is 2.38. The van der Waals surface area contributed by atoms with Gasteiger partial charge in [-0.25, -0.2) is 9.78 Å². The van der Waals surface area contributed by atoms with Crippen molar-refractivity contribution in [2.75, 3.05) is 45.2 Å². The van der Waals surface area contributed by atoms with Crippen LogP contribution in [0.4, 0.5) is 9.93 Å². The molecule has 3 rings (SSSR count). The quantitative estimate of drug-likeness (QED) is 0.887. The van der Waals surface area contributed by atoms with Crippen LogP contribution in [0.5, 0.6) is 0 Å². The van der Waals surface area contributed by atoms with Gasteiger partial charge in [0, 0.05) is 38.0 Å². The number of methoxy groups -OCH3 is 1. The third-order valence-corrected chi connectivity index (χ3v) is 4.68. The van der Waals surface area contributed by atoms with Gasteiger partial charge >= 0.3 is 6.03 Å². The van der Waals surface area contributed by atoms with Crippen molar-refractivity contribution in [1.29, 1.82) is 0 Å². The first-order chi connectivity index (χ1) is 10.7. The maximum absolute atomic E-state index is 12.2. The first-order valence-electron chi connectivity index (χ1n) is 7.45. The Hall–Kier alpha value is -1.67.